The van der Waals surface area contributed by atoms with Crippen LogP contribution in [0.5, 0.6) is 0 Å². The number of urea groups is 1. The zero-order valence-corrected chi connectivity index (χ0v) is 11.6. The fourth-order valence-corrected chi connectivity index (χ4v) is 2.32. The normalized spacial score (nSPS) is 15.3. The first kappa shape index (κ1) is 14.9. The Hall–Kier alpha value is -2.55. The van der Waals surface area contributed by atoms with Crippen molar-refractivity contribution in [1.82, 2.24) is 10.2 Å². The Bertz CT molecular complexity index is 555. The molecule has 2 N–H and O–H groups in total. The third-order valence-electron chi connectivity index (χ3n) is 3.66. The molecule has 1 aliphatic rings. The molecule has 6 nitrogen and oxygen atoms in total. The van der Waals surface area contributed by atoms with Crippen molar-refractivity contribution in [3.8, 4) is 6.07 Å². The summed E-state index contributed by atoms with van der Waals surface area (Å²) in [6.07, 6.45) is 0.999. The molecule has 1 aromatic carbocycles. The van der Waals surface area contributed by atoms with Gasteiger partial charge in [0.2, 0.25) is 0 Å². The van der Waals surface area contributed by atoms with Gasteiger partial charge in [-0.25, -0.2) is 4.79 Å². The lowest BCUT2D eigenvalue weighted by atomic mass is 9.97. The summed E-state index contributed by atoms with van der Waals surface area (Å²) in [5.41, 5.74) is 1.50. The molecule has 0 unspecified atom stereocenters. The van der Waals surface area contributed by atoms with Crippen LogP contribution < -0.4 is 5.32 Å². The maximum atomic E-state index is 12.0. The minimum atomic E-state index is -0.785. The Morgan fingerprint density at radius 1 is 1.29 bits per heavy atom. The van der Waals surface area contributed by atoms with E-state index in [1.807, 2.05) is 6.07 Å². The van der Waals surface area contributed by atoms with E-state index in [1.54, 1.807) is 29.2 Å². The first-order valence-corrected chi connectivity index (χ1v) is 6.85. The summed E-state index contributed by atoms with van der Waals surface area (Å²) in [4.78, 5) is 24.5. The Kier molecular flexibility index (Phi) is 4.77. The molecular formula is C15H17N3O3. The van der Waals surface area contributed by atoms with Gasteiger partial charge in [0, 0.05) is 19.6 Å². The second-order valence-corrected chi connectivity index (χ2v) is 5.07. The number of hydrogen-bond acceptors (Lipinski definition) is 3. The number of aliphatic carboxylic acids is 1. The van der Waals surface area contributed by atoms with E-state index in [9.17, 15) is 9.59 Å². The lowest BCUT2D eigenvalue weighted by Gasteiger charge is -2.30. The van der Waals surface area contributed by atoms with Crippen molar-refractivity contribution >= 4 is 12.0 Å². The third kappa shape index (κ3) is 3.96. The van der Waals surface area contributed by atoms with Gasteiger partial charge in [0.1, 0.15) is 0 Å². The molecule has 21 heavy (non-hydrogen) atoms. The molecule has 1 heterocycles. The minimum Gasteiger partial charge on any atom is -0.481 e. The summed E-state index contributed by atoms with van der Waals surface area (Å²) in [7, 11) is 0. The lowest BCUT2D eigenvalue weighted by molar-refractivity contribution is -0.143. The van der Waals surface area contributed by atoms with Crippen molar-refractivity contribution in [3.63, 3.8) is 0 Å². The van der Waals surface area contributed by atoms with Crippen molar-refractivity contribution in [3.05, 3.63) is 35.4 Å². The quantitative estimate of drug-likeness (QED) is 0.882. The van der Waals surface area contributed by atoms with Gasteiger partial charge in [-0.15, -0.1) is 0 Å². The highest BCUT2D eigenvalue weighted by Crippen LogP contribution is 2.17. The molecule has 0 aliphatic carbocycles. The molecule has 0 saturated carbocycles. The average Bonchev–Trinajstić information content (AvgIpc) is 2.53. The van der Waals surface area contributed by atoms with Crippen LogP contribution >= 0.6 is 0 Å². The van der Waals surface area contributed by atoms with Gasteiger partial charge in [-0.05, 0) is 30.5 Å². The van der Waals surface area contributed by atoms with E-state index in [0.717, 1.165) is 5.56 Å². The summed E-state index contributed by atoms with van der Waals surface area (Å²) in [6, 6.07) is 8.88. The summed E-state index contributed by atoms with van der Waals surface area (Å²) in [6.45, 7) is 1.33. The van der Waals surface area contributed by atoms with Crippen LogP contribution in [0.25, 0.3) is 0 Å². The molecule has 6 heteroatoms. The molecule has 1 aliphatic heterocycles. The molecule has 0 spiro atoms. The average molecular weight is 287 g/mol. The second-order valence-electron chi connectivity index (χ2n) is 5.07. The van der Waals surface area contributed by atoms with Gasteiger partial charge in [0.15, 0.2) is 0 Å². The summed E-state index contributed by atoms with van der Waals surface area (Å²) >= 11 is 0. The second kappa shape index (κ2) is 6.75. The molecule has 2 rings (SSSR count). The maximum absolute atomic E-state index is 12.0. The Balaban J connectivity index is 1.80. The number of rotatable bonds is 3. The van der Waals surface area contributed by atoms with Gasteiger partial charge in [-0.1, -0.05) is 12.1 Å². The van der Waals surface area contributed by atoms with E-state index in [4.69, 9.17) is 10.4 Å². The van der Waals surface area contributed by atoms with Gasteiger partial charge in [0.05, 0.1) is 17.6 Å². The third-order valence-corrected chi connectivity index (χ3v) is 3.66. The zero-order valence-electron chi connectivity index (χ0n) is 11.6. The van der Waals surface area contributed by atoms with Crippen LogP contribution in [0.4, 0.5) is 4.79 Å². The van der Waals surface area contributed by atoms with Gasteiger partial charge in [-0.3, -0.25) is 4.79 Å². The van der Waals surface area contributed by atoms with Crippen molar-refractivity contribution < 1.29 is 14.7 Å². The van der Waals surface area contributed by atoms with E-state index in [0.29, 0.717) is 38.0 Å². The standard InChI is InChI=1S/C15H17N3O3/c16-9-11-1-3-12(4-2-11)10-17-15(21)18-7-5-13(6-8-18)14(19)20/h1-4,13H,5-8,10H2,(H,17,21)(H,19,20). The van der Waals surface area contributed by atoms with E-state index in [2.05, 4.69) is 5.32 Å². The van der Waals surface area contributed by atoms with Crippen molar-refractivity contribution in [2.24, 2.45) is 5.92 Å². The summed E-state index contributed by atoms with van der Waals surface area (Å²) in [5.74, 6) is -1.12. The van der Waals surface area contributed by atoms with Crippen LogP contribution in [0.3, 0.4) is 0 Å². The van der Waals surface area contributed by atoms with Gasteiger partial charge >= 0.3 is 12.0 Å². The van der Waals surface area contributed by atoms with Crippen LogP contribution in [0, 0.1) is 17.2 Å². The minimum absolute atomic E-state index is 0.178. The van der Waals surface area contributed by atoms with Crippen LogP contribution in [0.1, 0.15) is 24.0 Å². The Morgan fingerprint density at radius 2 is 1.90 bits per heavy atom. The monoisotopic (exact) mass is 287 g/mol. The van der Waals surface area contributed by atoms with Crippen molar-refractivity contribution in [1.29, 1.82) is 5.26 Å². The molecule has 110 valence electrons. The SMILES string of the molecule is N#Cc1ccc(CNC(=O)N2CCC(C(=O)O)CC2)cc1. The number of likely N-dealkylation sites (tertiary alicyclic amines) is 1. The predicted octanol–water partition coefficient (Wildman–Crippen LogP) is 1.56. The number of carboxylic acid groups (broad SMARTS) is 1. The zero-order chi connectivity index (χ0) is 15.2. The molecule has 1 aromatic rings. The fraction of sp³-hybridized carbons (Fsp3) is 0.400. The van der Waals surface area contributed by atoms with E-state index in [1.165, 1.54) is 0 Å². The number of carbonyl (C=O) groups excluding carboxylic acids is 1. The van der Waals surface area contributed by atoms with E-state index in [-0.39, 0.29) is 11.9 Å². The molecule has 0 aromatic heterocycles. The highest BCUT2D eigenvalue weighted by Gasteiger charge is 2.26. The van der Waals surface area contributed by atoms with Crippen molar-refractivity contribution in [2.45, 2.75) is 19.4 Å². The number of nitrogens with one attached hydrogen (secondary N) is 1. The summed E-state index contributed by atoms with van der Waals surface area (Å²) in [5, 5.41) is 20.4. The van der Waals surface area contributed by atoms with Gasteiger partial charge < -0.3 is 15.3 Å². The maximum Gasteiger partial charge on any atom is 0.317 e. The van der Waals surface area contributed by atoms with E-state index >= 15 is 0 Å². The molecule has 2 amide bonds. The van der Waals surface area contributed by atoms with Crippen LogP contribution in [-0.4, -0.2) is 35.1 Å². The molecule has 0 bridgehead atoms. The molecular weight excluding hydrogens is 270 g/mol. The number of hydrogen-bond donors (Lipinski definition) is 2. The van der Waals surface area contributed by atoms with Crippen LogP contribution in [0.2, 0.25) is 0 Å². The van der Waals surface area contributed by atoms with Crippen LogP contribution in [0.15, 0.2) is 24.3 Å². The largest absolute Gasteiger partial charge is 0.481 e. The number of carbonyl (C=O) groups is 2. The fourth-order valence-electron chi connectivity index (χ4n) is 2.32. The van der Waals surface area contributed by atoms with Gasteiger partial charge in [0.25, 0.3) is 0 Å². The lowest BCUT2D eigenvalue weighted by Crippen LogP contribution is -2.45. The summed E-state index contributed by atoms with van der Waals surface area (Å²) < 4.78 is 0. The number of carboxylic acids is 1. The predicted molar refractivity (Wildman–Crippen MR) is 75.3 cm³/mol. The first-order chi connectivity index (χ1) is 10.1. The van der Waals surface area contributed by atoms with Gasteiger partial charge in [-0.2, -0.15) is 5.26 Å². The first-order valence-electron chi connectivity index (χ1n) is 6.85. The highest BCUT2D eigenvalue weighted by atomic mass is 16.4. The molecule has 0 radical (unpaired) electrons. The topological polar surface area (TPSA) is 93.4 Å². The van der Waals surface area contributed by atoms with Crippen LogP contribution in [-0.2, 0) is 11.3 Å². The Labute approximate surface area is 123 Å². The van der Waals surface area contributed by atoms with Crippen molar-refractivity contribution in [2.75, 3.05) is 13.1 Å². The number of nitrogens with zero attached hydrogens (tertiary/aromatic N) is 2. The van der Waals surface area contributed by atoms with E-state index < -0.39 is 5.97 Å². The number of amides is 2. The number of piperidine rings is 1. The molecule has 1 saturated heterocycles. The number of nitriles is 1. The Morgan fingerprint density at radius 3 is 2.43 bits per heavy atom. The molecule has 1 fully saturated rings. The molecule has 0 atom stereocenters. The highest BCUT2D eigenvalue weighted by molar-refractivity contribution is 5.75. The smallest absolute Gasteiger partial charge is 0.317 e. The number of benzene rings is 1.